The minimum Gasteiger partial charge on any atom is -0.269 e. The molecular weight excluding hydrogens is 228 g/mol. The van der Waals surface area contributed by atoms with E-state index in [1.165, 1.54) is 0 Å². The lowest BCUT2D eigenvalue weighted by molar-refractivity contribution is 1.32. The van der Waals surface area contributed by atoms with Gasteiger partial charge in [0.2, 0.25) is 0 Å². The van der Waals surface area contributed by atoms with Gasteiger partial charge in [-0.3, -0.25) is 4.78 Å². The summed E-state index contributed by atoms with van der Waals surface area (Å²) in [5, 5.41) is 0.884. The van der Waals surface area contributed by atoms with E-state index in [0.29, 0.717) is 0 Å². The molecule has 17 heavy (non-hydrogen) atoms. The second-order valence-corrected chi connectivity index (χ2v) is 5.45. The zero-order chi connectivity index (χ0) is 11.8. The normalized spacial score (nSPS) is 17.7. The van der Waals surface area contributed by atoms with E-state index in [0.717, 1.165) is 26.8 Å². The lowest BCUT2D eigenvalue weighted by Crippen LogP contribution is -2.02. The largest absolute Gasteiger partial charge is 0.269 e. The number of aliphatic imine (C=N–C) groups is 1. The third kappa shape index (κ3) is 1.63. The van der Waals surface area contributed by atoms with Crippen LogP contribution < -0.4 is 0 Å². The Morgan fingerprint density at radius 3 is 2.47 bits per heavy atom. The first-order valence-corrected chi connectivity index (χ1v) is 6.69. The topological polar surface area (TPSA) is 36.2 Å². The van der Waals surface area contributed by atoms with Crippen LogP contribution in [0.1, 0.15) is 11.1 Å². The van der Waals surface area contributed by atoms with E-state index >= 15 is 0 Å². The summed E-state index contributed by atoms with van der Waals surface area (Å²) in [6, 6.07) is 16.1. The Bertz CT molecular complexity index is 630. The zero-order valence-electron chi connectivity index (χ0n) is 9.47. The summed E-state index contributed by atoms with van der Waals surface area (Å²) in [6.45, 7) is 2.05. The van der Waals surface area contributed by atoms with Crippen LogP contribution in [0.2, 0.25) is 0 Å². The van der Waals surface area contributed by atoms with Gasteiger partial charge in [-0.05, 0) is 29.2 Å². The molecule has 2 aromatic carbocycles. The van der Waals surface area contributed by atoms with Gasteiger partial charge in [0.15, 0.2) is 0 Å². The van der Waals surface area contributed by atoms with Crippen LogP contribution in [-0.2, 0) is 10.7 Å². The third-order valence-corrected chi connectivity index (χ3v) is 4.33. The van der Waals surface area contributed by atoms with E-state index in [1.54, 1.807) is 0 Å². The van der Waals surface area contributed by atoms with E-state index in [1.807, 2.05) is 55.5 Å². The van der Waals surface area contributed by atoms with Gasteiger partial charge in [-0.15, -0.1) is 0 Å². The minimum absolute atomic E-state index is 0.647. The predicted molar refractivity (Wildman–Crippen MR) is 72.2 cm³/mol. The van der Waals surface area contributed by atoms with Gasteiger partial charge in [-0.2, -0.15) is 0 Å². The monoisotopic (exact) mass is 240 g/mol. The summed E-state index contributed by atoms with van der Waals surface area (Å²) < 4.78 is 8.30. The molecule has 84 valence electrons. The molecular formula is C14H12N2S. The fourth-order valence-electron chi connectivity index (χ4n) is 1.95. The predicted octanol–water partition coefficient (Wildman–Crippen LogP) is 3.83. The molecule has 0 fully saturated rings. The number of aryl methyl sites for hydroxylation is 1. The average molecular weight is 240 g/mol. The molecule has 0 saturated carbocycles. The SMILES string of the molecule is Cc1cccc2c1N=C(c1ccccc1)S2=N. The summed E-state index contributed by atoms with van der Waals surface area (Å²) >= 11 is 0. The van der Waals surface area contributed by atoms with Crippen molar-refractivity contribution in [3.63, 3.8) is 0 Å². The number of para-hydroxylation sites is 1. The number of nitrogens with zero attached hydrogens (tertiary/aromatic N) is 1. The number of rotatable bonds is 1. The quantitative estimate of drug-likeness (QED) is 0.786. The van der Waals surface area contributed by atoms with E-state index in [9.17, 15) is 0 Å². The van der Waals surface area contributed by atoms with Crippen molar-refractivity contribution >= 4 is 21.4 Å². The first-order valence-electron chi connectivity index (χ1n) is 5.46. The molecule has 2 aromatic rings. The number of benzene rings is 2. The lowest BCUT2D eigenvalue weighted by Gasteiger charge is -2.02. The molecule has 1 atom stereocenters. The maximum atomic E-state index is 8.30. The molecule has 0 radical (unpaired) electrons. The number of hydrogen-bond donors (Lipinski definition) is 1. The van der Waals surface area contributed by atoms with E-state index < -0.39 is 10.7 Å². The van der Waals surface area contributed by atoms with Gasteiger partial charge in [0.25, 0.3) is 0 Å². The second kappa shape index (κ2) is 3.93. The molecule has 0 saturated heterocycles. The maximum Gasteiger partial charge on any atom is 0.119 e. The van der Waals surface area contributed by atoms with Gasteiger partial charge in [0, 0.05) is 5.56 Å². The van der Waals surface area contributed by atoms with Crippen LogP contribution >= 0.6 is 0 Å². The van der Waals surface area contributed by atoms with Crippen LogP contribution in [0.5, 0.6) is 0 Å². The Morgan fingerprint density at radius 2 is 1.76 bits per heavy atom. The molecule has 0 aliphatic carbocycles. The molecule has 3 rings (SSSR count). The summed E-state index contributed by atoms with van der Waals surface area (Å²) in [7, 11) is -0.647. The zero-order valence-corrected chi connectivity index (χ0v) is 10.3. The van der Waals surface area contributed by atoms with E-state index in [4.69, 9.17) is 4.78 Å². The third-order valence-electron chi connectivity index (χ3n) is 2.85. The average Bonchev–Trinajstić information content (AvgIpc) is 2.70. The highest BCUT2D eigenvalue weighted by molar-refractivity contribution is 8.02. The Hall–Kier alpha value is -1.74. The van der Waals surface area contributed by atoms with Crippen LogP contribution in [0.15, 0.2) is 58.4 Å². The molecule has 1 aliphatic heterocycles. The molecule has 2 nitrogen and oxygen atoms in total. The highest BCUT2D eigenvalue weighted by Crippen LogP contribution is 2.35. The smallest absolute Gasteiger partial charge is 0.119 e. The van der Waals surface area contributed by atoms with Gasteiger partial charge in [0.1, 0.15) is 5.04 Å². The summed E-state index contributed by atoms with van der Waals surface area (Å²) in [4.78, 5) is 5.69. The van der Waals surface area contributed by atoms with Gasteiger partial charge in [-0.1, -0.05) is 42.5 Å². The Kier molecular flexibility index (Phi) is 2.41. The number of hydrogen-bond acceptors (Lipinski definition) is 2. The molecule has 0 spiro atoms. The molecule has 1 unspecified atom stereocenters. The summed E-state index contributed by atoms with van der Waals surface area (Å²) in [5.74, 6) is 0. The molecule has 1 aliphatic rings. The Balaban J connectivity index is 2.16. The Morgan fingerprint density at radius 1 is 1.00 bits per heavy atom. The van der Waals surface area contributed by atoms with Gasteiger partial charge < -0.3 is 0 Å². The van der Waals surface area contributed by atoms with Crippen molar-refractivity contribution in [3.8, 4) is 0 Å². The van der Waals surface area contributed by atoms with Gasteiger partial charge in [-0.25, -0.2) is 4.99 Å². The van der Waals surface area contributed by atoms with E-state index in [-0.39, 0.29) is 0 Å². The number of fused-ring (bicyclic) bond motifs is 1. The van der Waals surface area contributed by atoms with Crippen molar-refractivity contribution in [1.82, 2.24) is 0 Å². The minimum atomic E-state index is -0.647. The number of nitrogens with one attached hydrogen (secondary N) is 1. The fourth-order valence-corrected chi connectivity index (χ4v) is 3.33. The van der Waals surface area contributed by atoms with Crippen LogP contribution in [0.25, 0.3) is 0 Å². The van der Waals surface area contributed by atoms with Crippen molar-refractivity contribution in [2.75, 3.05) is 0 Å². The van der Waals surface area contributed by atoms with E-state index in [2.05, 4.69) is 4.99 Å². The van der Waals surface area contributed by atoms with Crippen molar-refractivity contribution < 1.29 is 0 Å². The molecule has 3 heteroatoms. The highest BCUT2D eigenvalue weighted by atomic mass is 32.2. The maximum absolute atomic E-state index is 8.30. The van der Waals surface area contributed by atoms with Gasteiger partial charge in [0.05, 0.1) is 10.6 Å². The standard InChI is InChI=1S/C14H12N2S/c1-10-6-5-9-12-13(10)16-14(17(12)15)11-7-3-2-4-8-11/h2-9,15H,1H3. The van der Waals surface area contributed by atoms with Crippen molar-refractivity contribution in [2.45, 2.75) is 11.8 Å². The molecule has 1 N–H and O–H groups in total. The van der Waals surface area contributed by atoms with Crippen molar-refractivity contribution in [3.05, 3.63) is 59.7 Å². The Labute approximate surface area is 103 Å². The van der Waals surface area contributed by atoms with Crippen molar-refractivity contribution in [1.29, 1.82) is 4.78 Å². The van der Waals surface area contributed by atoms with Crippen LogP contribution in [0, 0.1) is 11.7 Å². The molecule has 0 amide bonds. The second-order valence-electron chi connectivity index (χ2n) is 4.01. The highest BCUT2D eigenvalue weighted by Gasteiger charge is 2.21. The lowest BCUT2D eigenvalue weighted by atomic mass is 10.2. The molecule has 0 aromatic heterocycles. The summed E-state index contributed by atoms with van der Waals surface area (Å²) in [5.41, 5.74) is 3.20. The molecule has 1 heterocycles. The summed E-state index contributed by atoms with van der Waals surface area (Å²) in [6.07, 6.45) is 0. The van der Waals surface area contributed by atoms with Crippen LogP contribution in [-0.4, -0.2) is 5.04 Å². The first kappa shape index (κ1) is 10.4. The fraction of sp³-hybridized carbons (Fsp3) is 0.0714. The molecule has 0 bridgehead atoms. The van der Waals surface area contributed by atoms with Crippen LogP contribution in [0.4, 0.5) is 5.69 Å². The van der Waals surface area contributed by atoms with Crippen LogP contribution in [0.3, 0.4) is 0 Å². The van der Waals surface area contributed by atoms with Crippen molar-refractivity contribution in [2.24, 2.45) is 4.99 Å². The van der Waals surface area contributed by atoms with Gasteiger partial charge >= 0.3 is 0 Å². The first-order chi connectivity index (χ1) is 8.27.